The van der Waals surface area contributed by atoms with Crippen LogP contribution in [-0.2, 0) is 0 Å². The highest BCUT2D eigenvalue weighted by Gasteiger charge is 2.09. The van der Waals surface area contributed by atoms with Gasteiger partial charge in [-0.3, -0.25) is 4.98 Å². The molecule has 0 aliphatic carbocycles. The van der Waals surface area contributed by atoms with E-state index in [4.69, 9.17) is 0 Å². The lowest BCUT2D eigenvalue weighted by Crippen LogP contribution is -2.30. The van der Waals surface area contributed by atoms with E-state index in [1.54, 1.807) is 0 Å². The van der Waals surface area contributed by atoms with Gasteiger partial charge in [0.25, 0.3) is 0 Å². The van der Waals surface area contributed by atoms with Crippen molar-refractivity contribution in [2.45, 2.75) is 39.5 Å². The van der Waals surface area contributed by atoms with E-state index in [1.807, 2.05) is 6.20 Å². The van der Waals surface area contributed by atoms with Crippen LogP contribution in [0.3, 0.4) is 0 Å². The van der Waals surface area contributed by atoms with Crippen molar-refractivity contribution in [2.75, 3.05) is 19.6 Å². The van der Waals surface area contributed by atoms with Crippen LogP contribution in [0.2, 0.25) is 0 Å². The summed E-state index contributed by atoms with van der Waals surface area (Å²) in [6.07, 6.45) is 9.48. The first-order valence-corrected chi connectivity index (χ1v) is 7.06. The van der Waals surface area contributed by atoms with Crippen LogP contribution in [0, 0.1) is 6.92 Å². The lowest BCUT2D eigenvalue weighted by atomic mass is 10.1. The first-order valence-electron chi connectivity index (χ1n) is 7.06. The Hall–Kier alpha value is -1.15. The Morgan fingerprint density at radius 2 is 2.06 bits per heavy atom. The van der Waals surface area contributed by atoms with Crippen molar-refractivity contribution >= 4 is 6.08 Å². The van der Waals surface area contributed by atoms with E-state index in [2.05, 4.69) is 41.9 Å². The molecule has 1 saturated heterocycles. The van der Waals surface area contributed by atoms with Gasteiger partial charge in [-0.1, -0.05) is 18.1 Å². The lowest BCUT2D eigenvalue weighted by molar-refractivity contribution is 0.231. The normalized spacial score (nSPS) is 18.0. The Kier molecular flexibility index (Phi) is 4.94. The number of hydrogen-bond acceptors (Lipinski definition) is 2. The molecule has 0 amide bonds. The van der Waals surface area contributed by atoms with Crippen LogP contribution in [0.1, 0.15) is 43.9 Å². The van der Waals surface area contributed by atoms with Gasteiger partial charge in [0, 0.05) is 12.7 Å². The Labute approximate surface area is 111 Å². The van der Waals surface area contributed by atoms with Gasteiger partial charge in [-0.2, -0.15) is 0 Å². The summed E-state index contributed by atoms with van der Waals surface area (Å²) in [5, 5.41) is 0. The molecule has 18 heavy (non-hydrogen) atoms. The van der Waals surface area contributed by atoms with Crippen LogP contribution in [0.15, 0.2) is 23.9 Å². The topological polar surface area (TPSA) is 16.1 Å². The van der Waals surface area contributed by atoms with E-state index in [0.717, 1.165) is 12.1 Å². The van der Waals surface area contributed by atoms with Crippen LogP contribution >= 0.6 is 0 Å². The number of rotatable bonds is 4. The minimum Gasteiger partial charge on any atom is -0.303 e. The van der Waals surface area contributed by atoms with E-state index >= 15 is 0 Å². The average Bonchev–Trinajstić information content (AvgIpc) is 2.40. The standard InChI is InChI=1S/C16H24N2/c1-14(8-11-18-9-4-3-5-10-18)12-16-7-6-15(2)13-17-16/h6-7,12-13H,3-5,8-11H2,1-2H3/b14-12+. The third-order valence-electron chi connectivity index (χ3n) is 3.60. The number of likely N-dealkylation sites (tertiary alicyclic amines) is 1. The summed E-state index contributed by atoms with van der Waals surface area (Å²) in [6, 6.07) is 4.22. The summed E-state index contributed by atoms with van der Waals surface area (Å²) in [7, 11) is 0. The zero-order valence-corrected chi connectivity index (χ0v) is 11.7. The molecule has 1 aliphatic rings. The monoisotopic (exact) mass is 244 g/mol. The lowest BCUT2D eigenvalue weighted by Gasteiger charge is -2.26. The highest BCUT2D eigenvalue weighted by molar-refractivity contribution is 5.48. The number of aryl methyl sites for hydroxylation is 1. The van der Waals surface area contributed by atoms with Crippen molar-refractivity contribution in [1.29, 1.82) is 0 Å². The van der Waals surface area contributed by atoms with Gasteiger partial charge in [-0.15, -0.1) is 0 Å². The van der Waals surface area contributed by atoms with Gasteiger partial charge >= 0.3 is 0 Å². The molecule has 2 rings (SSSR count). The number of aromatic nitrogens is 1. The molecule has 0 N–H and O–H groups in total. The zero-order chi connectivity index (χ0) is 12.8. The third kappa shape index (κ3) is 4.26. The third-order valence-corrected chi connectivity index (χ3v) is 3.60. The Balaban J connectivity index is 1.83. The molecule has 0 radical (unpaired) electrons. The fraction of sp³-hybridized carbons (Fsp3) is 0.562. The quantitative estimate of drug-likeness (QED) is 0.803. The maximum atomic E-state index is 4.42. The minimum absolute atomic E-state index is 1.08. The summed E-state index contributed by atoms with van der Waals surface area (Å²) in [5.74, 6) is 0. The fourth-order valence-electron chi connectivity index (χ4n) is 2.41. The van der Waals surface area contributed by atoms with Crippen LogP contribution in [0.5, 0.6) is 0 Å². The van der Waals surface area contributed by atoms with Crippen molar-refractivity contribution in [3.05, 3.63) is 35.2 Å². The summed E-state index contributed by atoms with van der Waals surface area (Å²) >= 11 is 0. The molecule has 2 heterocycles. The highest BCUT2D eigenvalue weighted by Crippen LogP contribution is 2.12. The van der Waals surface area contributed by atoms with Gasteiger partial charge < -0.3 is 4.90 Å². The van der Waals surface area contributed by atoms with Gasteiger partial charge in [0.15, 0.2) is 0 Å². The first-order chi connectivity index (χ1) is 8.74. The molecular formula is C16H24N2. The second-order valence-electron chi connectivity index (χ2n) is 5.40. The average molecular weight is 244 g/mol. The molecule has 0 spiro atoms. The first kappa shape index (κ1) is 13.3. The molecule has 0 bridgehead atoms. The minimum atomic E-state index is 1.08. The van der Waals surface area contributed by atoms with Crippen molar-refractivity contribution in [2.24, 2.45) is 0 Å². The number of piperidine rings is 1. The molecule has 0 aromatic carbocycles. The van der Waals surface area contributed by atoms with Gasteiger partial charge in [0.05, 0.1) is 5.69 Å². The molecule has 1 aromatic heterocycles. The van der Waals surface area contributed by atoms with Crippen molar-refractivity contribution in [3.63, 3.8) is 0 Å². The highest BCUT2D eigenvalue weighted by atomic mass is 15.1. The molecule has 1 aliphatic heterocycles. The van der Waals surface area contributed by atoms with Gasteiger partial charge in [-0.05, 0) is 63.9 Å². The SMILES string of the molecule is C/C(=C\c1ccc(C)cn1)CCN1CCCCC1. The maximum Gasteiger partial charge on any atom is 0.0629 e. The molecular weight excluding hydrogens is 220 g/mol. The molecule has 0 atom stereocenters. The largest absolute Gasteiger partial charge is 0.303 e. The van der Waals surface area contributed by atoms with Gasteiger partial charge in [-0.25, -0.2) is 0 Å². The molecule has 2 heteroatoms. The molecule has 1 aromatic rings. The predicted molar refractivity (Wildman–Crippen MR) is 77.5 cm³/mol. The summed E-state index contributed by atoms with van der Waals surface area (Å²) in [6.45, 7) is 8.06. The van der Waals surface area contributed by atoms with E-state index in [-0.39, 0.29) is 0 Å². The molecule has 98 valence electrons. The molecule has 0 saturated carbocycles. The van der Waals surface area contributed by atoms with Crippen LogP contribution < -0.4 is 0 Å². The van der Waals surface area contributed by atoms with Crippen molar-refractivity contribution in [1.82, 2.24) is 9.88 Å². The number of pyridine rings is 1. The smallest absolute Gasteiger partial charge is 0.0629 e. The number of nitrogens with zero attached hydrogens (tertiary/aromatic N) is 2. The molecule has 0 unspecified atom stereocenters. The predicted octanol–water partition coefficient (Wildman–Crippen LogP) is 3.67. The summed E-state index contributed by atoms with van der Waals surface area (Å²) in [5.41, 5.74) is 3.73. The van der Waals surface area contributed by atoms with Crippen molar-refractivity contribution < 1.29 is 0 Å². The second kappa shape index (κ2) is 6.69. The summed E-state index contributed by atoms with van der Waals surface area (Å²) < 4.78 is 0. The summed E-state index contributed by atoms with van der Waals surface area (Å²) in [4.78, 5) is 7.01. The van der Waals surface area contributed by atoms with E-state index in [0.29, 0.717) is 0 Å². The van der Waals surface area contributed by atoms with Gasteiger partial charge in [0.1, 0.15) is 0 Å². The van der Waals surface area contributed by atoms with Gasteiger partial charge in [0.2, 0.25) is 0 Å². The number of hydrogen-bond donors (Lipinski definition) is 0. The van der Waals surface area contributed by atoms with E-state index in [1.165, 1.54) is 50.0 Å². The Morgan fingerprint density at radius 1 is 1.28 bits per heavy atom. The van der Waals surface area contributed by atoms with E-state index < -0.39 is 0 Å². The van der Waals surface area contributed by atoms with Crippen LogP contribution in [0.25, 0.3) is 6.08 Å². The van der Waals surface area contributed by atoms with Crippen LogP contribution in [-0.4, -0.2) is 29.5 Å². The van der Waals surface area contributed by atoms with E-state index in [9.17, 15) is 0 Å². The fourth-order valence-corrected chi connectivity index (χ4v) is 2.41. The second-order valence-corrected chi connectivity index (χ2v) is 5.40. The Bertz CT molecular complexity index is 386. The molecule has 1 fully saturated rings. The van der Waals surface area contributed by atoms with Crippen molar-refractivity contribution in [3.8, 4) is 0 Å². The zero-order valence-electron chi connectivity index (χ0n) is 11.7. The van der Waals surface area contributed by atoms with Crippen LogP contribution in [0.4, 0.5) is 0 Å². The maximum absolute atomic E-state index is 4.42. The molecule has 2 nitrogen and oxygen atoms in total. The Morgan fingerprint density at radius 3 is 2.72 bits per heavy atom.